The second-order valence-electron chi connectivity index (χ2n) is 10.6. The van der Waals surface area contributed by atoms with Crippen molar-refractivity contribution >= 4 is 63.5 Å². The number of hydrogen-bond acceptors (Lipinski definition) is 10. The molecule has 2 unspecified atom stereocenters. The van der Waals surface area contributed by atoms with Crippen molar-refractivity contribution in [1.82, 2.24) is 15.2 Å². The van der Waals surface area contributed by atoms with Gasteiger partial charge in [0.15, 0.2) is 24.1 Å². The number of β-lactam (4-membered cyclic amide) rings is 1. The van der Waals surface area contributed by atoms with Crippen LogP contribution < -0.4 is 15.6 Å². The Balaban J connectivity index is 1.19. The molecule has 2 amide bonds. The Hall–Kier alpha value is -3.40. The SMILES string of the molecule is C[N+]1(CC[n+]2ccc(S/C=C/C3=C(C(=O)O)N4C(=O)C(NC(=O)/C(=N/[O-])c5csc(N)n5)C4SC3)cc2)CCCCC1. The second-order valence-corrected chi connectivity index (χ2v) is 13.6. The van der Waals surface area contributed by atoms with Crippen molar-refractivity contribution in [1.29, 1.82) is 0 Å². The third-order valence-corrected chi connectivity index (χ3v) is 10.5. The minimum atomic E-state index is -1.23. The number of pyridine rings is 1. The Labute approximate surface area is 255 Å². The number of thiazole rings is 1. The summed E-state index contributed by atoms with van der Waals surface area (Å²) in [6, 6.07) is 3.07. The number of amides is 2. The largest absolute Gasteiger partial charge is 0.791 e. The number of piperidine rings is 1. The van der Waals surface area contributed by atoms with Crippen LogP contribution in [0.1, 0.15) is 25.0 Å². The number of likely N-dealkylation sites (N-methyl/N-ethyl adjacent to an activating group) is 1. The molecule has 2 aromatic rings. The van der Waals surface area contributed by atoms with Crippen molar-refractivity contribution in [2.24, 2.45) is 5.16 Å². The number of carboxylic acid groups (broad SMARTS) is 1. The molecule has 0 radical (unpaired) electrons. The van der Waals surface area contributed by atoms with E-state index in [1.54, 1.807) is 6.08 Å². The number of aliphatic carboxylic acids is 1. The van der Waals surface area contributed by atoms with Crippen molar-refractivity contribution in [3.05, 3.63) is 63.6 Å². The number of carbonyl (C=O) groups is 3. The number of nitrogens with two attached hydrogens (primary N) is 1. The van der Waals surface area contributed by atoms with Gasteiger partial charge in [0.05, 0.1) is 20.1 Å². The maximum absolute atomic E-state index is 13.0. The van der Waals surface area contributed by atoms with E-state index >= 15 is 0 Å². The van der Waals surface area contributed by atoms with Crippen LogP contribution in [-0.2, 0) is 20.9 Å². The molecular formula is C27H32N7O5S3+. The zero-order chi connectivity index (χ0) is 29.9. The van der Waals surface area contributed by atoms with E-state index in [-0.39, 0.29) is 16.5 Å². The molecule has 2 atom stereocenters. The Morgan fingerprint density at radius 1 is 1.33 bits per heavy atom. The van der Waals surface area contributed by atoms with Gasteiger partial charge in [-0.25, -0.2) is 9.78 Å². The number of aromatic nitrogens is 2. The van der Waals surface area contributed by atoms with Crippen molar-refractivity contribution in [2.75, 3.05) is 38.2 Å². The maximum atomic E-state index is 13.0. The molecule has 5 heterocycles. The summed E-state index contributed by atoms with van der Waals surface area (Å²) in [6.45, 7) is 4.55. The number of quaternary nitrogens is 1. The molecule has 5 rings (SSSR count). The van der Waals surface area contributed by atoms with E-state index in [9.17, 15) is 24.7 Å². The molecule has 2 fully saturated rings. The maximum Gasteiger partial charge on any atom is 0.352 e. The van der Waals surface area contributed by atoms with Gasteiger partial charge in [0.2, 0.25) is 0 Å². The average molecular weight is 631 g/mol. The highest BCUT2D eigenvalue weighted by Gasteiger charge is 2.54. The molecule has 2 aromatic heterocycles. The Morgan fingerprint density at radius 2 is 2.07 bits per heavy atom. The molecule has 0 saturated carbocycles. The summed E-state index contributed by atoms with van der Waals surface area (Å²) >= 11 is 3.84. The van der Waals surface area contributed by atoms with Gasteiger partial charge < -0.3 is 31.0 Å². The normalized spacial score (nSPS) is 22.2. The second kappa shape index (κ2) is 12.9. The first-order valence-corrected chi connectivity index (χ1v) is 16.3. The van der Waals surface area contributed by atoms with E-state index in [2.05, 4.69) is 39.5 Å². The highest BCUT2D eigenvalue weighted by atomic mass is 32.2. The van der Waals surface area contributed by atoms with Gasteiger partial charge in [0.1, 0.15) is 35.1 Å². The number of rotatable bonds is 10. The van der Waals surface area contributed by atoms with Crippen LogP contribution in [0.4, 0.5) is 5.13 Å². The van der Waals surface area contributed by atoms with Crippen molar-refractivity contribution in [3.63, 3.8) is 0 Å². The van der Waals surface area contributed by atoms with Gasteiger partial charge in [-0.05, 0) is 36.3 Å². The number of fused-ring (bicyclic) bond motifs is 1. The lowest BCUT2D eigenvalue weighted by atomic mass is 10.0. The van der Waals surface area contributed by atoms with E-state index in [0.29, 0.717) is 11.3 Å². The number of nitrogens with one attached hydrogen (secondary N) is 1. The van der Waals surface area contributed by atoms with Gasteiger partial charge in [-0.3, -0.25) is 14.5 Å². The summed E-state index contributed by atoms with van der Waals surface area (Å²) < 4.78 is 3.31. The number of anilines is 1. The summed E-state index contributed by atoms with van der Waals surface area (Å²) in [7, 11) is 2.34. The zero-order valence-electron chi connectivity index (χ0n) is 23.0. The van der Waals surface area contributed by atoms with Crippen molar-refractivity contribution < 1.29 is 28.5 Å². The monoisotopic (exact) mass is 630 g/mol. The minimum Gasteiger partial charge on any atom is -0.791 e. The van der Waals surface area contributed by atoms with Gasteiger partial charge in [-0.2, -0.15) is 4.57 Å². The zero-order valence-corrected chi connectivity index (χ0v) is 25.4. The number of carbonyl (C=O) groups excluding carboxylic acids is 2. The third-order valence-electron chi connectivity index (χ3n) is 7.69. The third kappa shape index (κ3) is 6.48. The van der Waals surface area contributed by atoms with Gasteiger partial charge >= 0.3 is 5.97 Å². The number of hydrogen-bond donors (Lipinski definition) is 3. The summed E-state index contributed by atoms with van der Waals surface area (Å²) in [5.41, 5.74) is 5.48. The van der Waals surface area contributed by atoms with Gasteiger partial charge in [0, 0.05) is 28.2 Å². The van der Waals surface area contributed by atoms with Crippen LogP contribution in [0.2, 0.25) is 0 Å². The number of likely N-dealkylation sites (tertiary alicyclic amines) is 1. The lowest BCUT2D eigenvalue weighted by molar-refractivity contribution is -0.931. The molecule has 12 nitrogen and oxygen atoms in total. The molecule has 222 valence electrons. The lowest BCUT2D eigenvalue weighted by Crippen LogP contribution is -2.71. The first-order chi connectivity index (χ1) is 20.2. The number of nitrogen functional groups attached to an aromatic ring is 1. The summed E-state index contributed by atoms with van der Waals surface area (Å²) in [6.07, 6.45) is 9.78. The molecule has 15 heteroatoms. The minimum absolute atomic E-state index is 0.0160. The van der Waals surface area contributed by atoms with Gasteiger partial charge in [-0.15, -0.1) is 23.1 Å². The van der Waals surface area contributed by atoms with Crippen LogP contribution in [0, 0.1) is 5.21 Å². The van der Waals surface area contributed by atoms with Crippen LogP contribution in [0.5, 0.6) is 0 Å². The van der Waals surface area contributed by atoms with Crippen LogP contribution in [-0.4, -0.2) is 86.8 Å². The van der Waals surface area contributed by atoms with Crippen LogP contribution >= 0.6 is 34.9 Å². The molecule has 0 bridgehead atoms. The van der Waals surface area contributed by atoms with E-state index < -0.39 is 34.9 Å². The summed E-state index contributed by atoms with van der Waals surface area (Å²) in [5, 5.41) is 29.3. The Kier molecular flexibility index (Phi) is 9.20. The van der Waals surface area contributed by atoms with Crippen LogP contribution in [0.25, 0.3) is 0 Å². The molecule has 4 N–H and O–H groups in total. The quantitative estimate of drug-likeness (QED) is 0.0889. The number of thioether (sulfide) groups is 2. The van der Waals surface area contributed by atoms with E-state index in [1.165, 1.54) is 66.2 Å². The van der Waals surface area contributed by atoms with Crippen molar-refractivity contribution in [2.45, 2.75) is 42.1 Å². The Bertz CT molecular complexity index is 1450. The van der Waals surface area contributed by atoms with Gasteiger partial charge in [-0.1, -0.05) is 11.8 Å². The van der Waals surface area contributed by atoms with Crippen LogP contribution in [0.3, 0.4) is 0 Å². The number of carboxylic acids is 1. The van der Waals surface area contributed by atoms with E-state index in [4.69, 9.17) is 5.73 Å². The predicted molar refractivity (Wildman–Crippen MR) is 162 cm³/mol. The van der Waals surface area contributed by atoms with E-state index in [1.807, 2.05) is 17.5 Å². The number of allylic oxidation sites excluding steroid dienone is 1. The molecule has 0 aromatic carbocycles. The smallest absolute Gasteiger partial charge is 0.352 e. The summed E-state index contributed by atoms with van der Waals surface area (Å²) in [5.74, 6) is -2.35. The topological polar surface area (TPSA) is 165 Å². The molecule has 0 spiro atoms. The van der Waals surface area contributed by atoms with Crippen molar-refractivity contribution in [3.8, 4) is 0 Å². The number of nitrogens with zero attached hydrogens (tertiary/aromatic N) is 5. The highest BCUT2D eigenvalue weighted by Crippen LogP contribution is 2.41. The predicted octanol–water partition coefficient (Wildman–Crippen LogP) is 1.97. The molecular weight excluding hydrogens is 599 g/mol. The fourth-order valence-electron chi connectivity index (χ4n) is 5.30. The first kappa shape index (κ1) is 30.1. The molecule has 0 aliphatic carbocycles. The standard InChI is InChI=1S/C27H31N7O5S3/c1-34(11-3-2-4-12-34)13-10-32-8-5-18(6-9-32)40-14-7-17-15-41-25-21(24(36)33(25)22(17)26(37)38)30-23(35)20(31-39)19-16-42-27(28)29-19/h5-9,14,16,21,25H,2-4,10-13,15H2,1H3,(H3-2,28,29,30,35,37,38,39)/p+1/b14-7+. The lowest BCUT2D eigenvalue weighted by Gasteiger charge is -2.49. The van der Waals surface area contributed by atoms with Gasteiger partial charge in [0.25, 0.3) is 11.8 Å². The first-order valence-electron chi connectivity index (χ1n) is 13.5. The summed E-state index contributed by atoms with van der Waals surface area (Å²) in [4.78, 5) is 43.9. The van der Waals surface area contributed by atoms with Crippen LogP contribution in [0.15, 0.2) is 62.7 Å². The average Bonchev–Trinajstić information content (AvgIpc) is 3.41. The molecule has 3 aliphatic rings. The molecule has 3 aliphatic heterocycles. The van der Waals surface area contributed by atoms with E-state index in [0.717, 1.165) is 33.8 Å². The fraction of sp³-hybridized carbons (Fsp3) is 0.407. The fourth-order valence-corrected chi connectivity index (χ4v) is 7.84. The molecule has 2 saturated heterocycles. The Morgan fingerprint density at radius 3 is 2.71 bits per heavy atom. The highest BCUT2D eigenvalue weighted by molar-refractivity contribution is 8.02. The molecule has 42 heavy (non-hydrogen) atoms.